The van der Waals surface area contributed by atoms with E-state index in [0.717, 1.165) is 27.6 Å². The van der Waals surface area contributed by atoms with Gasteiger partial charge in [0.2, 0.25) is 11.8 Å². The quantitative estimate of drug-likeness (QED) is 0.276. The number of carbonyl (C=O) groups is 3. The van der Waals surface area contributed by atoms with Crippen molar-refractivity contribution >= 4 is 28.7 Å². The molecule has 3 heterocycles. The van der Waals surface area contributed by atoms with Crippen molar-refractivity contribution in [2.24, 2.45) is 0 Å². The molecule has 2 saturated heterocycles. The molecule has 0 aliphatic carbocycles. The number of aromatic amines is 1. The third-order valence-corrected chi connectivity index (χ3v) is 7.95. The smallest absolute Gasteiger partial charge is 0.334 e. The number of nitrogens with zero attached hydrogens (tertiary/aromatic N) is 5. The van der Waals surface area contributed by atoms with Gasteiger partial charge in [-0.05, 0) is 28.8 Å². The van der Waals surface area contributed by atoms with E-state index >= 15 is 0 Å². The highest BCUT2D eigenvalue weighted by Crippen LogP contribution is 2.30. The molecule has 43 heavy (non-hydrogen) atoms. The normalized spacial score (nSPS) is 19.0. The summed E-state index contributed by atoms with van der Waals surface area (Å²) in [5.41, 5.74) is 3.44. The predicted molar refractivity (Wildman–Crippen MR) is 160 cm³/mol. The van der Waals surface area contributed by atoms with Crippen molar-refractivity contribution in [3.05, 3.63) is 108 Å². The van der Waals surface area contributed by atoms with Gasteiger partial charge in [-0.1, -0.05) is 66.7 Å². The number of urea groups is 1. The second-order valence-electron chi connectivity index (χ2n) is 10.8. The number of fused-ring (bicyclic) bond motifs is 2. The highest BCUT2D eigenvalue weighted by molar-refractivity contribution is 5.92. The Balaban J connectivity index is 1.36. The second-order valence-corrected chi connectivity index (χ2v) is 10.8. The first kappa shape index (κ1) is 28.0. The Bertz CT molecular complexity index is 1640. The van der Waals surface area contributed by atoms with E-state index in [9.17, 15) is 19.5 Å². The Labute approximate surface area is 249 Å². The average Bonchev–Trinajstić information content (AvgIpc) is 3.50. The van der Waals surface area contributed by atoms with Gasteiger partial charge < -0.3 is 20.2 Å². The zero-order valence-corrected chi connectivity index (χ0v) is 23.6. The van der Waals surface area contributed by atoms with Crippen LogP contribution in [0.1, 0.15) is 16.7 Å². The number of hydrogen-bond acceptors (Lipinski definition) is 6. The van der Waals surface area contributed by atoms with Crippen LogP contribution in [0.3, 0.4) is 0 Å². The van der Waals surface area contributed by atoms with Crippen LogP contribution >= 0.6 is 0 Å². The number of hydrazine groups is 1. The lowest BCUT2D eigenvalue weighted by Crippen LogP contribution is -2.76. The molecule has 3 N–H and O–H groups in total. The van der Waals surface area contributed by atoms with E-state index in [1.807, 2.05) is 48.5 Å². The summed E-state index contributed by atoms with van der Waals surface area (Å²) in [7, 11) is 0. The van der Waals surface area contributed by atoms with Gasteiger partial charge in [-0.3, -0.25) is 14.7 Å². The first-order chi connectivity index (χ1) is 20.9. The monoisotopic (exact) mass is 579 g/mol. The number of amides is 4. The van der Waals surface area contributed by atoms with Crippen molar-refractivity contribution < 1.29 is 19.5 Å². The summed E-state index contributed by atoms with van der Waals surface area (Å²) in [6, 6.07) is 20.8. The minimum atomic E-state index is -0.855. The molecule has 0 radical (unpaired) electrons. The minimum absolute atomic E-state index is 0.0753. The highest BCUT2D eigenvalue weighted by Gasteiger charge is 2.51. The number of piperazine rings is 1. The molecule has 11 nitrogen and oxygen atoms in total. The molecule has 4 aromatic rings. The van der Waals surface area contributed by atoms with Crippen molar-refractivity contribution in [2.75, 3.05) is 19.6 Å². The summed E-state index contributed by atoms with van der Waals surface area (Å²) in [6.07, 6.45) is 2.86. The number of carbonyl (C=O) groups excluding carboxylic acids is 3. The summed E-state index contributed by atoms with van der Waals surface area (Å²) in [5, 5.41) is 24.2. The molecular weight excluding hydrogens is 546 g/mol. The molecular formula is C32H33N7O4. The average molecular weight is 580 g/mol. The number of rotatable bonds is 8. The summed E-state index contributed by atoms with van der Waals surface area (Å²) < 4.78 is 0. The zero-order chi connectivity index (χ0) is 29.9. The van der Waals surface area contributed by atoms with E-state index in [4.69, 9.17) is 0 Å². The second kappa shape index (κ2) is 12.0. The maximum Gasteiger partial charge on any atom is 0.334 e. The number of aromatic hydroxyl groups is 1. The van der Waals surface area contributed by atoms with Crippen LogP contribution in [0.4, 0.5) is 4.79 Å². The Morgan fingerprint density at radius 3 is 2.60 bits per heavy atom. The number of nitrogens with one attached hydrogen (secondary N) is 2. The van der Waals surface area contributed by atoms with E-state index in [2.05, 4.69) is 22.1 Å². The maximum atomic E-state index is 14.2. The van der Waals surface area contributed by atoms with Gasteiger partial charge >= 0.3 is 6.03 Å². The van der Waals surface area contributed by atoms with Crippen molar-refractivity contribution in [3.8, 4) is 5.75 Å². The first-order valence-corrected chi connectivity index (χ1v) is 14.2. The Kier molecular flexibility index (Phi) is 7.80. The molecule has 2 atom stereocenters. The summed E-state index contributed by atoms with van der Waals surface area (Å²) in [4.78, 5) is 45.0. The zero-order valence-electron chi connectivity index (χ0n) is 23.6. The lowest BCUT2D eigenvalue weighted by Gasteiger charge is -2.55. The standard InChI is InChI=1S/C32H33N7O4/c1-2-15-37-21-29(41)38-27(16-22-11-13-26(40)14-12-22)31(42)36(19-25-10-6-9-24-18-34-35-30(24)25)20-28(38)39(37)32(43)33-17-23-7-4-3-5-8-23/h2-14,18,27-28,40H,1,15-17,19-21H2,(H,33,43)(H,34,35)/t27-,28-/m0/s1. The predicted octanol–water partition coefficient (Wildman–Crippen LogP) is 3.01. The van der Waals surface area contributed by atoms with Gasteiger partial charge in [0, 0.05) is 31.4 Å². The van der Waals surface area contributed by atoms with Crippen molar-refractivity contribution in [3.63, 3.8) is 0 Å². The van der Waals surface area contributed by atoms with Crippen LogP contribution in [-0.4, -0.2) is 84.8 Å². The number of phenols is 1. The van der Waals surface area contributed by atoms with E-state index in [1.54, 1.807) is 56.4 Å². The fraction of sp³-hybridized carbons (Fsp3) is 0.250. The van der Waals surface area contributed by atoms with Gasteiger partial charge in [-0.2, -0.15) is 5.10 Å². The Morgan fingerprint density at radius 1 is 1.05 bits per heavy atom. The van der Waals surface area contributed by atoms with Crippen LogP contribution in [0.2, 0.25) is 0 Å². The molecule has 11 heteroatoms. The Morgan fingerprint density at radius 2 is 1.84 bits per heavy atom. The number of aromatic nitrogens is 2. The van der Waals surface area contributed by atoms with Crippen LogP contribution in [0.25, 0.3) is 10.9 Å². The van der Waals surface area contributed by atoms with Crippen molar-refractivity contribution in [1.82, 2.24) is 35.3 Å². The fourth-order valence-electron chi connectivity index (χ4n) is 5.92. The van der Waals surface area contributed by atoms with Gasteiger partial charge in [0.15, 0.2) is 0 Å². The lowest BCUT2D eigenvalue weighted by molar-refractivity contribution is -0.189. The number of H-pyrrole nitrogens is 1. The molecule has 0 spiro atoms. The Hall–Kier alpha value is -5.16. The number of benzene rings is 3. The number of para-hydroxylation sites is 1. The lowest BCUT2D eigenvalue weighted by atomic mass is 9.98. The minimum Gasteiger partial charge on any atom is -0.508 e. The maximum absolute atomic E-state index is 14.2. The molecule has 4 amide bonds. The summed E-state index contributed by atoms with van der Waals surface area (Å²) in [6.45, 7) is 4.73. The molecule has 3 aromatic carbocycles. The van der Waals surface area contributed by atoms with Gasteiger partial charge in [0.05, 0.1) is 24.8 Å². The van der Waals surface area contributed by atoms with E-state index in [-0.39, 0.29) is 56.2 Å². The van der Waals surface area contributed by atoms with Gasteiger partial charge in [0.1, 0.15) is 18.0 Å². The molecule has 2 aliphatic rings. The molecule has 0 unspecified atom stereocenters. The molecule has 2 aliphatic heterocycles. The van der Waals surface area contributed by atoms with E-state index in [1.165, 1.54) is 0 Å². The fourth-order valence-corrected chi connectivity index (χ4v) is 5.92. The third-order valence-electron chi connectivity index (χ3n) is 7.95. The molecule has 0 bridgehead atoms. The van der Waals surface area contributed by atoms with Gasteiger partial charge in [-0.15, -0.1) is 6.58 Å². The van der Waals surface area contributed by atoms with Crippen LogP contribution in [0, 0.1) is 0 Å². The highest BCUT2D eigenvalue weighted by atomic mass is 16.3. The third kappa shape index (κ3) is 5.67. The largest absolute Gasteiger partial charge is 0.508 e. The molecule has 0 saturated carbocycles. The SMILES string of the molecule is C=CCN1CC(=O)N2[C@@H](Cc3ccc(O)cc3)C(=O)N(Cc3cccc4cn[nH]c34)C[C@@H]2N1C(=O)NCc1ccccc1. The van der Waals surface area contributed by atoms with Gasteiger partial charge in [-0.25, -0.2) is 14.8 Å². The molecule has 1 aromatic heterocycles. The number of hydrogen-bond donors (Lipinski definition) is 3. The molecule has 2 fully saturated rings. The van der Waals surface area contributed by atoms with Crippen molar-refractivity contribution in [2.45, 2.75) is 31.7 Å². The van der Waals surface area contributed by atoms with Crippen LogP contribution in [0.5, 0.6) is 5.75 Å². The van der Waals surface area contributed by atoms with E-state index < -0.39 is 12.2 Å². The topological polar surface area (TPSA) is 125 Å². The van der Waals surface area contributed by atoms with Crippen LogP contribution < -0.4 is 5.32 Å². The van der Waals surface area contributed by atoms with Crippen molar-refractivity contribution in [1.29, 1.82) is 0 Å². The molecule has 6 rings (SSSR count). The van der Waals surface area contributed by atoms with Gasteiger partial charge in [0.25, 0.3) is 0 Å². The summed E-state index contributed by atoms with van der Waals surface area (Å²) >= 11 is 0. The number of phenolic OH excluding ortho intramolecular Hbond substituents is 1. The van der Waals surface area contributed by atoms with E-state index in [0.29, 0.717) is 6.54 Å². The summed E-state index contributed by atoms with van der Waals surface area (Å²) in [5.74, 6) is -0.344. The van der Waals surface area contributed by atoms with Crippen LogP contribution in [0.15, 0.2) is 91.6 Å². The molecule has 220 valence electrons. The van der Waals surface area contributed by atoms with Crippen LogP contribution in [-0.2, 0) is 29.1 Å². The first-order valence-electron chi connectivity index (χ1n) is 14.2.